The molecule has 8 nitrogen and oxygen atoms in total. The average molecular weight is 635 g/mol. The van der Waals surface area contributed by atoms with Gasteiger partial charge in [0.1, 0.15) is 11.4 Å². The van der Waals surface area contributed by atoms with E-state index in [1.807, 2.05) is 52.9 Å². The number of halogens is 1. The highest BCUT2D eigenvalue weighted by molar-refractivity contribution is 14.1. The number of piperazine rings is 1. The molecule has 0 spiro atoms. The van der Waals surface area contributed by atoms with E-state index in [0.29, 0.717) is 43.4 Å². The largest absolute Gasteiger partial charge is 0.482 e. The molecule has 1 N–H and O–H groups in total. The Morgan fingerprint density at radius 3 is 2.53 bits per heavy atom. The fraction of sp³-hybridized carbons (Fsp3) is 0.552. The number of amides is 2. The highest BCUT2D eigenvalue weighted by Crippen LogP contribution is 2.40. The van der Waals surface area contributed by atoms with E-state index in [4.69, 9.17) is 14.5 Å². The number of carbonyl (C=O) groups excluding carboxylic acids is 2. The zero-order chi connectivity index (χ0) is 27.6. The number of nitrogens with zero attached hydrogens (tertiary/aromatic N) is 3. The summed E-state index contributed by atoms with van der Waals surface area (Å²) in [4.78, 5) is 34.3. The molecule has 206 valence electrons. The van der Waals surface area contributed by atoms with Crippen molar-refractivity contribution >= 4 is 34.6 Å². The molecule has 2 amide bonds. The number of benzene rings is 1. The number of rotatable bonds is 7. The summed E-state index contributed by atoms with van der Waals surface area (Å²) in [6.45, 7) is 12.2. The minimum Gasteiger partial charge on any atom is -0.482 e. The summed E-state index contributed by atoms with van der Waals surface area (Å²) in [5, 5.41) is 2.73. The molecule has 1 aliphatic carbocycles. The first-order valence-electron chi connectivity index (χ1n) is 13.3. The van der Waals surface area contributed by atoms with Crippen molar-refractivity contribution < 1.29 is 19.1 Å². The lowest BCUT2D eigenvalue weighted by Gasteiger charge is -2.41. The van der Waals surface area contributed by atoms with Gasteiger partial charge in [-0.25, -0.2) is 4.79 Å². The average Bonchev–Trinajstić information content (AvgIpc) is 3.70. The summed E-state index contributed by atoms with van der Waals surface area (Å²) < 4.78 is 13.2. The Bertz CT molecular complexity index is 1160. The zero-order valence-electron chi connectivity index (χ0n) is 23.2. The fourth-order valence-corrected chi connectivity index (χ4v) is 5.17. The lowest BCUT2D eigenvalue weighted by atomic mass is 10.1. The van der Waals surface area contributed by atoms with Crippen molar-refractivity contribution in [2.75, 3.05) is 33.2 Å². The predicted octanol–water partition coefficient (Wildman–Crippen LogP) is 5.29. The molecule has 9 heteroatoms. The topological polar surface area (TPSA) is 84.0 Å². The lowest BCUT2D eigenvalue weighted by molar-refractivity contribution is -0.00316. The van der Waals surface area contributed by atoms with Gasteiger partial charge >= 0.3 is 6.09 Å². The quantitative estimate of drug-likeness (QED) is 0.417. The first-order chi connectivity index (χ1) is 17.9. The second-order valence-corrected chi connectivity index (χ2v) is 12.5. The Labute approximate surface area is 239 Å². The van der Waals surface area contributed by atoms with Crippen molar-refractivity contribution in [2.24, 2.45) is 0 Å². The van der Waals surface area contributed by atoms with Crippen LogP contribution in [0.2, 0.25) is 0 Å². The maximum atomic E-state index is 12.7. The van der Waals surface area contributed by atoms with E-state index in [2.05, 4.69) is 44.9 Å². The lowest BCUT2D eigenvalue weighted by Crippen LogP contribution is -2.55. The van der Waals surface area contributed by atoms with Gasteiger partial charge in [0.05, 0.1) is 11.3 Å². The van der Waals surface area contributed by atoms with Gasteiger partial charge in [-0.1, -0.05) is 6.07 Å². The van der Waals surface area contributed by atoms with Gasteiger partial charge in [-0.05, 0) is 105 Å². The standard InChI is InChI=1S/C29H39IN4O4/c1-18-13-25(22(14-23(18)30)27(35)31-6)37-26(24-10-9-21(15-32-24)20-7-8-20)17-33-11-12-34(19(2)16-33)28(36)38-29(3,4)5/h9-10,13-15,19-20,26H,7-8,11-12,16-17H2,1-6H3,(H,31,35)/t19-,26?/m1/s1. The SMILES string of the molecule is CNC(=O)c1cc(I)c(C)cc1OC(CN1CCN(C(=O)OC(C)(C)C)[C@H](C)C1)c1ccc(C2CC2)cn1. The van der Waals surface area contributed by atoms with E-state index in [1.54, 1.807) is 11.9 Å². The van der Waals surface area contributed by atoms with Crippen molar-refractivity contribution in [2.45, 2.75) is 71.1 Å². The molecule has 2 heterocycles. The molecule has 4 rings (SSSR count). The van der Waals surface area contributed by atoms with E-state index in [1.165, 1.54) is 18.4 Å². The number of carbonyl (C=O) groups is 2. The van der Waals surface area contributed by atoms with Crippen molar-refractivity contribution in [1.82, 2.24) is 20.1 Å². The van der Waals surface area contributed by atoms with Crippen LogP contribution in [0, 0.1) is 10.5 Å². The van der Waals surface area contributed by atoms with Crippen LogP contribution < -0.4 is 10.1 Å². The summed E-state index contributed by atoms with van der Waals surface area (Å²) in [6, 6.07) is 8.00. The van der Waals surface area contributed by atoms with Gasteiger partial charge in [0.2, 0.25) is 0 Å². The van der Waals surface area contributed by atoms with E-state index in [-0.39, 0.29) is 24.1 Å². The van der Waals surface area contributed by atoms with Crippen molar-refractivity contribution in [3.63, 3.8) is 0 Å². The molecule has 1 aromatic carbocycles. The first kappa shape index (κ1) is 28.6. The molecule has 1 saturated heterocycles. The van der Waals surface area contributed by atoms with Crippen LogP contribution in [0.5, 0.6) is 5.75 Å². The molecular weight excluding hydrogens is 595 g/mol. The Kier molecular flexibility index (Phi) is 8.86. The number of aromatic nitrogens is 1. The molecule has 2 aliphatic rings. The van der Waals surface area contributed by atoms with E-state index >= 15 is 0 Å². The smallest absolute Gasteiger partial charge is 0.410 e. The van der Waals surface area contributed by atoms with Crippen LogP contribution in [0.1, 0.15) is 79.7 Å². The van der Waals surface area contributed by atoms with Gasteiger partial charge in [0.25, 0.3) is 5.91 Å². The molecule has 1 saturated carbocycles. The number of hydrogen-bond acceptors (Lipinski definition) is 6. The van der Waals surface area contributed by atoms with Crippen molar-refractivity contribution in [3.05, 3.63) is 56.4 Å². The van der Waals surface area contributed by atoms with Gasteiger partial charge < -0.3 is 19.7 Å². The Hall–Kier alpha value is -2.40. The summed E-state index contributed by atoms with van der Waals surface area (Å²) in [5.41, 5.74) is 3.12. The Balaban J connectivity index is 1.56. The number of nitrogens with one attached hydrogen (secondary N) is 1. The highest BCUT2D eigenvalue weighted by atomic mass is 127. The summed E-state index contributed by atoms with van der Waals surface area (Å²) >= 11 is 2.24. The summed E-state index contributed by atoms with van der Waals surface area (Å²) in [7, 11) is 1.63. The third-order valence-corrected chi connectivity index (χ3v) is 8.12. The zero-order valence-corrected chi connectivity index (χ0v) is 25.4. The molecule has 1 aliphatic heterocycles. The number of ether oxygens (including phenoxy) is 2. The maximum Gasteiger partial charge on any atom is 0.410 e. The fourth-order valence-electron chi connectivity index (χ4n) is 4.70. The van der Waals surface area contributed by atoms with Crippen LogP contribution in [0.15, 0.2) is 30.5 Å². The second-order valence-electron chi connectivity index (χ2n) is 11.4. The molecule has 1 aromatic heterocycles. The predicted molar refractivity (Wildman–Crippen MR) is 156 cm³/mol. The third-order valence-electron chi connectivity index (χ3n) is 6.95. The van der Waals surface area contributed by atoms with Gasteiger partial charge in [-0.2, -0.15) is 0 Å². The van der Waals surface area contributed by atoms with Crippen LogP contribution in [-0.2, 0) is 4.74 Å². The molecule has 2 atom stereocenters. The molecular formula is C29H39IN4O4. The molecule has 2 fully saturated rings. The van der Waals surface area contributed by atoms with E-state index < -0.39 is 5.60 Å². The van der Waals surface area contributed by atoms with Crippen molar-refractivity contribution in [1.29, 1.82) is 0 Å². The maximum absolute atomic E-state index is 12.7. The van der Waals surface area contributed by atoms with Crippen LogP contribution in [0.25, 0.3) is 0 Å². The second kappa shape index (κ2) is 11.8. The number of pyridine rings is 1. The number of hydrogen-bond donors (Lipinski definition) is 1. The normalized spacial score (nSPS) is 19.1. The van der Waals surface area contributed by atoms with E-state index in [9.17, 15) is 9.59 Å². The number of aryl methyl sites for hydroxylation is 1. The van der Waals surface area contributed by atoms with Gasteiger partial charge in [0.15, 0.2) is 6.10 Å². The van der Waals surface area contributed by atoms with Gasteiger partial charge in [-0.3, -0.25) is 14.7 Å². The van der Waals surface area contributed by atoms with Crippen molar-refractivity contribution in [3.8, 4) is 5.75 Å². The molecule has 0 bridgehead atoms. The van der Waals surface area contributed by atoms with Crippen LogP contribution in [-0.4, -0.2) is 71.7 Å². The van der Waals surface area contributed by atoms with Gasteiger partial charge in [-0.15, -0.1) is 0 Å². The minimum atomic E-state index is -0.528. The summed E-state index contributed by atoms with van der Waals surface area (Å²) in [5.74, 6) is 0.977. The van der Waals surface area contributed by atoms with E-state index in [0.717, 1.165) is 14.8 Å². The third kappa shape index (κ3) is 7.16. The van der Waals surface area contributed by atoms with Gasteiger partial charge in [0, 0.05) is 49.0 Å². The summed E-state index contributed by atoms with van der Waals surface area (Å²) in [6.07, 6.45) is 3.74. The van der Waals surface area contributed by atoms with Crippen LogP contribution in [0.4, 0.5) is 4.79 Å². The monoisotopic (exact) mass is 634 g/mol. The molecule has 38 heavy (non-hydrogen) atoms. The Morgan fingerprint density at radius 1 is 1.21 bits per heavy atom. The molecule has 1 unspecified atom stereocenters. The molecule has 2 aromatic rings. The Morgan fingerprint density at radius 2 is 1.95 bits per heavy atom. The van der Waals surface area contributed by atoms with Crippen LogP contribution >= 0.6 is 22.6 Å². The van der Waals surface area contributed by atoms with Crippen LogP contribution in [0.3, 0.4) is 0 Å². The first-order valence-corrected chi connectivity index (χ1v) is 14.4. The highest BCUT2D eigenvalue weighted by Gasteiger charge is 2.33. The molecule has 0 radical (unpaired) electrons. The minimum absolute atomic E-state index is 0.00794.